The van der Waals surface area contributed by atoms with E-state index < -0.39 is 15.3 Å². The number of rotatable bonds is 5. The highest BCUT2D eigenvalue weighted by Gasteiger charge is 2.30. The summed E-state index contributed by atoms with van der Waals surface area (Å²) in [7, 11) is -3.35. The molecule has 0 saturated heterocycles. The van der Waals surface area contributed by atoms with Crippen molar-refractivity contribution in [2.24, 2.45) is 5.73 Å². The van der Waals surface area contributed by atoms with E-state index in [1.165, 1.54) is 0 Å². The highest BCUT2D eigenvalue weighted by Crippen LogP contribution is 2.20. The van der Waals surface area contributed by atoms with Crippen LogP contribution in [0.2, 0.25) is 0 Å². The van der Waals surface area contributed by atoms with Gasteiger partial charge in [0.05, 0.1) is 4.99 Å². The molecule has 0 amide bonds. The summed E-state index contributed by atoms with van der Waals surface area (Å²) < 4.78 is 26.1. The zero-order valence-corrected chi connectivity index (χ0v) is 9.83. The summed E-state index contributed by atoms with van der Waals surface area (Å²) in [6.07, 6.45) is 3.37. The third-order valence-corrected chi connectivity index (χ3v) is 4.93. The molecule has 1 unspecified atom stereocenters. The van der Waals surface area contributed by atoms with Gasteiger partial charge in [-0.3, -0.25) is 0 Å². The minimum atomic E-state index is -3.35. The molecule has 82 valence electrons. The van der Waals surface area contributed by atoms with Gasteiger partial charge in [0.2, 0.25) is 10.0 Å². The molecular formula is C8H16N2O2S2. The zero-order chi connectivity index (χ0) is 10.8. The molecule has 0 aliphatic heterocycles. The van der Waals surface area contributed by atoms with Crippen molar-refractivity contribution in [2.45, 2.75) is 43.9 Å². The molecule has 0 heterocycles. The number of hydrogen-bond donors (Lipinski definition) is 2. The maximum atomic E-state index is 11.7. The molecule has 1 rings (SSSR count). The van der Waals surface area contributed by atoms with Crippen molar-refractivity contribution < 1.29 is 8.42 Å². The smallest absolute Gasteiger partial charge is 0.221 e. The van der Waals surface area contributed by atoms with E-state index in [-0.39, 0.29) is 11.0 Å². The van der Waals surface area contributed by atoms with Crippen molar-refractivity contribution in [1.29, 1.82) is 0 Å². The van der Waals surface area contributed by atoms with Gasteiger partial charge in [-0.1, -0.05) is 25.6 Å². The first-order chi connectivity index (χ1) is 6.47. The molecular weight excluding hydrogens is 220 g/mol. The first kappa shape index (κ1) is 11.9. The van der Waals surface area contributed by atoms with Gasteiger partial charge in [0, 0.05) is 6.04 Å². The molecule has 0 aromatic heterocycles. The lowest BCUT2D eigenvalue weighted by molar-refractivity contribution is 0.382. The van der Waals surface area contributed by atoms with Gasteiger partial charge in [0.1, 0.15) is 5.25 Å². The Labute approximate surface area is 90.3 Å². The van der Waals surface area contributed by atoms with Crippen molar-refractivity contribution >= 4 is 27.2 Å². The Morgan fingerprint density at radius 1 is 1.64 bits per heavy atom. The number of sulfonamides is 1. The number of thiocarbonyl (C=S) groups is 1. The quantitative estimate of drug-likeness (QED) is 0.683. The molecule has 0 spiro atoms. The topological polar surface area (TPSA) is 72.2 Å². The second kappa shape index (κ2) is 4.55. The Morgan fingerprint density at radius 2 is 2.21 bits per heavy atom. The molecule has 1 saturated carbocycles. The van der Waals surface area contributed by atoms with Gasteiger partial charge in [-0.15, -0.1) is 0 Å². The van der Waals surface area contributed by atoms with E-state index in [1.807, 2.05) is 0 Å². The Morgan fingerprint density at radius 3 is 2.50 bits per heavy atom. The minimum Gasteiger partial charge on any atom is -0.392 e. The lowest BCUT2D eigenvalue weighted by atomic mass is 9.94. The van der Waals surface area contributed by atoms with Crippen LogP contribution in [0.5, 0.6) is 0 Å². The fourth-order valence-electron chi connectivity index (χ4n) is 1.41. The monoisotopic (exact) mass is 236 g/mol. The lowest BCUT2D eigenvalue weighted by Gasteiger charge is -2.28. The normalized spacial score (nSPS) is 20.1. The summed E-state index contributed by atoms with van der Waals surface area (Å²) in [6.45, 7) is 1.77. The Hall–Kier alpha value is -0.200. The highest BCUT2D eigenvalue weighted by atomic mass is 32.2. The van der Waals surface area contributed by atoms with Crippen LogP contribution in [0, 0.1) is 0 Å². The Kier molecular flexibility index (Phi) is 3.86. The molecule has 3 N–H and O–H groups in total. The summed E-state index contributed by atoms with van der Waals surface area (Å²) in [5, 5.41) is -0.724. The molecule has 1 fully saturated rings. The average Bonchev–Trinajstić information content (AvgIpc) is 1.97. The number of hydrogen-bond acceptors (Lipinski definition) is 3. The molecule has 0 bridgehead atoms. The van der Waals surface area contributed by atoms with Crippen LogP contribution in [0.4, 0.5) is 0 Å². The van der Waals surface area contributed by atoms with E-state index in [2.05, 4.69) is 4.72 Å². The SMILES string of the molecule is CCC(C(N)=S)S(=O)(=O)NC1CCC1. The molecule has 0 aromatic carbocycles. The fraction of sp³-hybridized carbons (Fsp3) is 0.875. The van der Waals surface area contributed by atoms with Crippen molar-refractivity contribution in [3.05, 3.63) is 0 Å². The van der Waals surface area contributed by atoms with Gasteiger partial charge in [-0.2, -0.15) is 0 Å². The van der Waals surface area contributed by atoms with Crippen LogP contribution in [0.1, 0.15) is 32.6 Å². The van der Waals surface area contributed by atoms with E-state index in [0.29, 0.717) is 6.42 Å². The maximum absolute atomic E-state index is 11.7. The number of nitrogens with one attached hydrogen (secondary N) is 1. The molecule has 0 radical (unpaired) electrons. The van der Waals surface area contributed by atoms with E-state index in [1.54, 1.807) is 6.92 Å². The predicted molar refractivity (Wildman–Crippen MR) is 60.6 cm³/mol. The highest BCUT2D eigenvalue weighted by molar-refractivity contribution is 7.93. The average molecular weight is 236 g/mol. The summed E-state index contributed by atoms with van der Waals surface area (Å²) >= 11 is 4.73. The predicted octanol–water partition coefficient (Wildman–Crippen LogP) is 0.523. The molecule has 6 heteroatoms. The van der Waals surface area contributed by atoms with E-state index in [9.17, 15) is 8.42 Å². The summed E-state index contributed by atoms with van der Waals surface area (Å²) in [6, 6.07) is 0.100. The standard InChI is InChI=1S/C8H16N2O2S2/c1-2-7(8(9)13)14(11,12)10-6-4-3-5-6/h6-7,10H,2-5H2,1H3,(H2,9,13). The number of nitrogens with two attached hydrogens (primary N) is 1. The molecule has 1 aliphatic rings. The lowest BCUT2D eigenvalue weighted by Crippen LogP contribution is -2.47. The Bertz CT molecular complexity index is 309. The second-order valence-electron chi connectivity index (χ2n) is 3.59. The van der Waals surface area contributed by atoms with Crippen molar-refractivity contribution in [3.63, 3.8) is 0 Å². The van der Waals surface area contributed by atoms with Crippen LogP contribution in [-0.4, -0.2) is 24.7 Å². The van der Waals surface area contributed by atoms with Crippen LogP contribution in [0.25, 0.3) is 0 Å². The van der Waals surface area contributed by atoms with Crippen LogP contribution < -0.4 is 10.5 Å². The van der Waals surface area contributed by atoms with Crippen LogP contribution in [0.3, 0.4) is 0 Å². The van der Waals surface area contributed by atoms with Gasteiger partial charge in [-0.25, -0.2) is 13.1 Å². The first-order valence-electron chi connectivity index (χ1n) is 4.78. The largest absolute Gasteiger partial charge is 0.392 e. The summed E-state index contributed by atoms with van der Waals surface area (Å²) in [5.74, 6) is 0. The third kappa shape index (κ3) is 2.65. The second-order valence-corrected chi connectivity index (χ2v) is 5.96. The Balaban J connectivity index is 2.65. The third-order valence-electron chi connectivity index (χ3n) is 2.50. The van der Waals surface area contributed by atoms with Crippen molar-refractivity contribution in [3.8, 4) is 0 Å². The van der Waals surface area contributed by atoms with E-state index >= 15 is 0 Å². The zero-order valence-electron chi connectivity index (χ0n) is 8.19. The molecule has 1 aliphatic carbocycles. The van der Waals surface area contributed by atoms with Gasteiger partial charge in [0.25, 0.3) is 0 Å². The summed E-state index contributed by atoms with van der Waals surface area (Å²) in [5.41, 5.74) is 5.38. The first-order valence-corrected chi connectivity index (χ1v) is 6.73. The van der Waals surface area contributed by atoms with Crippen LogP contribution in [0.15, 0.2) is 0 Å². The molecule has 0 aromatic rings. The minimum absolute atomic E-state index is 0.0549. The van der Waals surface area contributed by atoms with Gasteiger partial charge < -0.3 is 5.73 Å². The van der Waals surface area contributed by atoms with Gasteiger partial charge in [-0.05, 0) is 19.3 Å². The molecule has 14 heavy (non-hydrogen) atoms. The van der Waals surface area contributed by atoms with Crippen LogP contribution in [-0.2, 0) is 10.0 Å². The van der Waals surface area contributed by atoms with Gasteiger partial charge >= 0.3 is 0 Å². The maximum Gasteiger partial charge on any atom is 0.221 e. The molecule has 4 nitrogen and oxygen atoms in total. The van der Waals surface area contributed by atoms with E-state index in [0.717, 1.165) is 19.3 Å². The van der Waals surface area contributed by atoms with E-state index in [4.69, 9.17) is 18.0 Å². The molecule has 1 atom stereocenters. The fourth-order valence-corrected chi connectivity index (χ4v) is 3.57. The van der Waals surface area contributed by atoms with Gasteiger partial charge in [0.15, 0.2) is 0 Å². The van der Waals surface area contributed by atoms with Crippen molar-refractivity contribution in [1.82, 2.24) is 4.72 Å². The van der Waals surface area contributed by atoms with Crippen molar-refractivity contribution in [2.75, 3.05) is 0 Å². The summed E-state index contributed by atoms with van der Waals surface area (Å²) in [4.78, 5) is 0.0549. The van der Waals surface area contributed by atoms with Crippen LogP contribution >= 0.6 is 12.2 Å².